The van der Waals surface area contributed by atoms with Gasteiger partial charge in [-0.2, -0.15) is 0 Å². The van der Waals surface area contributed by atoms with Gasteiger partial charge in [-0.25, -0.2) is 9.18 Å². The van der Waals surface area contributed by atoms with Crippen LogP contribution in [0.5, 0.6) is 5.75 Å². The zero-order chi connectivity index (χ0) is 17.8. The lowest BCUT2D eigenvalue weighted by Crippen LogP contribution is -2.09. The highest BCUT2D eigenvalue weighted by atomic mass is 19.1. The van der Waals surface area contributed by atoms with Gasteiger partial charge in [0.1, 0.15) is 11.6 Å². The normalized spacial score (nSPS) is 10.5. The molecule has 0 amide bonds. The average Bonchev–Trinajstić information content (AvgIpc) is 2.63. The molecular weight excluding hydrogens is 315 g/mol. The van der Waals surface area contributed by atoms with Crippen LogP contribution in [0.2, 0.25) is 0 Å². The molecule has 0 unspecified atom stereocenters. The molecule has 3 aromatic rings. The first-order chi connectivity index (χ1) is 12.1. The van der Waals surface area contributed by atoms with Gasteiger partial charge in [0.05, 0.1) is 5.56 Å². The highest BCUT2D eigenvalue weighted by Crippen LogP contribution is 2.24. The number of carbonyl (C=O) groups excluding carboxylic acids is 1. The number of hydrogen-bond donors (Lipinski definition) is 0. The van der Waals surface area contributed by atoms with E-state index >= 15 is 0 Å². The molecule has 126 valence electrons. The Morgan fingerprint density at radius 3 is 2.24 bits per heavy atom. The zero-order valence-electron chi connectivity index (χ0n) is 14.3. The van der Waals surface area contributed by atoms with Crippen molar-refractivity contribution in [2.24, 2.45) is 0 Å². The summed E-state index contributed by atoms with van der Waals surface area (Å²) >= 11 is 0. The Hall–Kier alpha value is -2.94. The van der Waals surface area contributed by atoms with Crippen molar-refractivity contribution in [2.75, 3.05) is 0 Å². The number of halogens is 1. The predicted octanol–water partition coefficient (Wildman–Crippen LogP) is 5.58. The highest BCUT2D eigenvalue weighted by Gasteiger charge is 2.13. The Kier molecular flexibility index (Phi) is 4.94. The molecule has 25 heavy (non-hydrogen) atoms. The summed E-state index contributed by atoms with van der Waals surface area (Å²) in [4.78, 5) is 12.2. The molecule has 0 spiro atoms. The van der Waals surface area contributed by atoms with Gasteiger partial charge in [0.15, 0.2) is 0 Å². The number of carbonyl (C=O) groups is 1. The van der Waals surface area contributed by atoms with E-state index in [4.69, 9.17) is 4.74 Å². The summed E-state index contributed by atoms with van der Waals surface area (Å²) in [5.41, 5.74) is 3.70. The second-order valence-electron chi connectivity index (χ2n) is 5.95. The lowest BCUT2D eigenvalue weighted by Gasteiger charge is -2.08. The Balaban J connectivity index is 1.79. The monoisotopic (exact) mass is 334 g/mol. The summed E-state index contributed by atoms with van der Waals surface area (Å²) in [6, 6.07) is 19.3. The van der Waals surface area contributed by atoms with E-state index in [-0.39, 0.29) is 5.56 Å². The summed E-state index contributed by atoms with van der Waals surface area (Å²) in [5.74, 6) is -0.566. The van der Waals surface area contributed by atoms with Gasteiger partial charge in [0, 0.05) is 5.56 Å². The largest absolute Gasteiger partial charge is 0.423 e. The quantitative estimate of drug-likeness (QED) is 0.460. The van der Waals surface area contributed by atoms with Crippen molar-refractivity contribution < 1.29 is 13.9 Å². The Morgan fingerprint density at radius 2 is 1.64 bits per heavy atom. The van der Waals surface area contributed by atoms with Crippen LogP contribution in [0, 0.1) is 12.7 Å². The third-order valence-electron chi connectivity index (χ3n) is 4.11. The second kappa shape index (κ2) is 7.31. The summed E-state index contributed by atoms with van der Waals surface area (Å²) in [5, 5.41) is 0. The topological polar surface area (TPSA) is 26.3 Å². The van der Waals surface area contributed by atoms with Crippen molar-refractivity contribution >= 4 is 5.97 Å². The van der Waals surface area contributed by atoms with Crippen LogP contribution in [0.1, 0.15) is 28.4 Å². The second-order valence-corrected chi connectivity index (χ2v) is 5.95. The van der Waals surface area contributed by atoms with E-state index < -0.39 is 11.8 Å². The predicted molar refractivity (Wildman–Crippen MR) is 97.4 cm³/mol. The smallest absolute Gasteiger partial charge is 0.343 e. The fourth-order valence-corrected chi connectivity index (χ4v) is 2.57. The van der Waals surface area contributed by atoms with E-state index in [1.807, 2.05) is 43.3 Å². The molecule has 0 bridgehead atoms. The molecule has 0 saturated carbocycles. The number of ether oxygens (including phenoxy) is 1. The Morgan fingerprint density at radius 1 is 0.960 bits per heavy atom. The van der Waals surface area contributed by atoms with Gasteiger partial charge < -0.3 is 4.74 Å². The van der Waals surface area contributed by atoms with Crippen LogP contribution >= 0.6 is 0 Å². The van der Waals surface area contributed by atoms with E-state index in [9.17, 15) is 9.18 Å². The van der Waals surface area contributed by atoms with Gasteiger partial charge in [-0.1, -0.05) is 55.0 Å². The summed E-state index contributed by atoms with van der Waals surface area (Å²) < 4.78 is 19.7. The van der Waals surface area contributed by atoms with E-state index in [1.165, 1.54) is 6.07 Å². The lowest BCUT2D eigenvalue weighted by molar-refractivity contribution is 0.0734. The molecule has 0 N–H and O–H groups in total. The Bertz CT molecular complexity index is 881. The third-order valence-corrected chi connectivity index (χ3v) is 4.11. The average molecular weight is 334 g/mol. The standard InChI is InChI=1S/C22H19FO2/c1-3-16-6-11-19(12-7-16)25-22(24)18-10-13-20(21(23)14-18)17-8-4-15(2)5-9-17/h4-14H,3H2,1-2H3. The van der Waals surface area contributed by atoms with Gasteiger partial charge in [-0.3, -0.25) is 0 Å². The van der Waals surface area contributed by atoms with Crippen LogP contribution in [0.4, 0.5) is 4.39 Å². The maximum absolute atomic E-state index is 14.4. The SMILES string of the molecule is CCc1ccc(OC(=O)c2ccc(-c3ccc(C)cc3)c(F)c2)cc1. The van der Waals surface area contributed by atoms with Crippen LogP contribution in [0.3, 0.4) is 0 Å². The number of rotatable bonds is 4. The number of aryl methyl sites for hydroxylation is 2. The molecule has 0 fully saturated rings. The van der Waals surface area contributed by atoms with Crippen molar-refractivity contribution in [3.8, 4) is 16.9 Å². The van der Waals surface area contributed by atoms with Gasteiger partial charge in [0.25, 0.3) is 0 Å². The van der Waals surface area contributed by atoms with Crippen LogP contribution in [0.25, 0.3) is 11.1 Å². The van der Waals surface area contributed by atoms with Crippen LogP contribution in [0.15, 0.2) is 66.7 Å². The van der Waals surface area contributed by atoms with Crippen molar-refractivity contribution in [1.29, 1.82) is 0 Å². The van der Waals surface area contributed by atoms with Crippen molar-refractivity contribution in [3.63, 3.8) is 0 Å². The minimum Gasteiger partial charge on any atom is -0.423 e. The first kappa shape index (κ1) is 16.9. The molecule has 0 atom stereocenters. The molecule has 0 saturated heterocycles. The summed E-state index contributed by atoms with van der Waals surface area (Å²) in [6.45, 7) is 4.03. The van der Waals surface area contributed by atoms with E-state index in [2.05, 4.69) is 6.92 Å². The van der Waals surface area contributed by atoms with Gasteiger partial charge in [0.2, 0.25) is 0 Å². The molecule has 3 aromatic carbocycles. The first-order valence-corrected chi connectivity index (χ1v) is 8.24. The molecule has 3 heteroatoms. The fraction of sp³-hybridized carbons (Fsp3) is 0.136. The number of benzene rings is 3. The van der Waals surface area contributed by atoms with Crippen LogP contribution < -0.4 is 4.74 Å². The summed E-state index contributed by atoms with van der Waals surface area (Å²) in [7, 11) is 0. The van der Waals surface area contributed by atoms with E-state index in [1.54, 1.807) is 24.3 Å². The minimum atomic E-state index is -0.571. The zero-order valence-corrected chi connectivity index (χ0v) is 14.3. The molecule has 0 radical (unpaired) electrons. The Labute approximate surface area is 146 Å². The third kappa shape index (κ3) is 3.94. The van der Waals surface area contributed by atoms with Gasteiger partial charge >= 0.3 is 5.97 Å². The fourth-order valence-electron chi connectivity index (χ4n) is 2.57. The number of hydrogen-bond acceptors (Lipinski definition) is 2. The molecule has 2 nitrogen and oxygen atoms in total. The molecule has 0 aliphatic carbocycles. The highest BCUT2D eigenvalue weighted by molar-refractivity contribution is 5.91. The maximum Gasteiger partial charge on any atom is 0.343 e. The van der Waals surface area contributed by atoms with Crippen LogP contribution in [-0.2, 0) is 6.42 Å². The van der Waals surface area contributed by atoms with Crippen molar-refractivity contribution in [3.05, 3.63) is 89.2 Å². The van der Waals surface area contributed by atoms with E-state index in [0.29, 0.717) is 11.3 Å². The first-order valence-electron chi connectivity index (χ1n) is 8.24. The summed E-state index contributed by atoms with van der Waals surface area (Å²) in [6.07, 6.45) is 0.917. The molecular formula is C22H19FO2. The molecule has 0 heterocycles. The lowest BCUT2D eigenvalue weighted by atomic mass is 10.0. The van der Waals surface area contributed by atoms with Gasteiger partial charge in [-0.15, -0.1) is 0 Å². The molecule has 0 aliphatic rings. The van der Waals surface area contributed by atoms with Gasteiger partial charge in [-0.05, 0) is 48.7 Å². The van der Waals surface area contributed by atoms with Crippen molar-refractivity contribution in [2.45, 2.75) is 20.3 Å². The molecule has 0 aromatic heterocycles. The maximum atomic E-state index is 14.4. The van der Waals surface area contributed by atoms with Crippen LogP contribution in [-0.4, -0.2) is 5.97 Å². The number of esters is 1. The minimum absolute atomic E-state index is 0.188. The van der Waals surface area contributed by atoms with E-state index in [0.717, 1.165) is 23.1 Å². The molecule has 0 aliphatic heterocycles. The van der Waals surface area contributed by atoms with Crippen molar-refractivity contribution in [1.82, 2.24) is 0 Å². The molecule has 3 rings (SSSR count).